The molecule has 0 spiro atoms. The fraction of sp³-hybridized carbons (Fsp3) is 0.409. The molecule has 1 N–H and O–H groups in total. The second-order valence-corrected chi connectivity index (χ2v) is 10.2. The number of hydrogen-bond acceptors (Lipinski definition) is 3. The largest absolute Gasteiger partial charge is 0.348 e. The minimum absolute atomic E-state index is 0.160. The van der Waals surface area contributed by atoms with Gasteiger partial charge in [0, 0.05) is 11.6 Å². The van der Waals surface area contributed by atoms with Crippen LogP contribution in [0.2, 0.25) is 5.02 Å². The lowest BCUT2D eigenvalue weighted by molar-refractivity contribution is -0.124. The highest BCUT2D eigenvalue weighted by Crippen LogP contribution is 2.29. The minimum atomic E-state index is -3.74. The molecule has 1 fully saturated rings. The number of hydrogen-bond donors (Lipinski definition) is 1. The number of halogens is 1. The number of rotatable bonds is 5. The Labute approximate surface area is 177 Å². The zero-order chi connectivity index (χ0) is 20.6. The topological polar surface area (TPSA) is 66.5 Å². The van der Waals surface area contributed by atoms with Crippen LogP contribution in [0, 0.1) is 0 Å². The third-order valence-electron chi connectivity index (χ3n) is 5.91. The minimum Gasteiger partial charge on any atom is -0.348 e. The van der Waals surface area contributed by atoms with E-state index in [0.29, 0.717) is 24.4 Å². The summed E-state index contributed by atoms with van der Waals surface area (Å²) in [6.45, 7) is 2.29. The van der Waals surface area contributed by atoms with E-state index in [1.54, 1.807) is 12.1 Å². The fourth-order valence-electron chi connectivity index (χ4n) is 4.29. The van der Waals surface area contributed by atoms with Gasteiger partial charge in [0.15, 0.2) is 0 Å². The normalized spacial score (nSPS) is 20.4. The van der Waals surface area contributed by atoms with E-state index in [9.17, 15) is 13.2 Å². The van der Waals surface area contributed by atoms with E-state index in [1.165, 1.54) is 34.0 Å². The van der Waals surface area contributed by atoms with Gasteiger partial charge in [0.05, 0.1) is 10.9 Å². The summed E-state index contributed by atoms with van der Waals surface area (Å²) in [5, 5.41) is 3.50. The molecule has 2 aromatic carbocycles. The van der Waals surface area contributed by atoms with Crippen LogP contribution in [0.5, 0.6) is 0 Å². The van der Waals surface area contributed by atoms with Crippen molar-refractivity contribution in [2.45, 2.75) is 56.0 Å². The van der Waals surface area contributed by atoms with Gasteiger partial charge in [-0.2, -0.15) is 4.31 Å². The summed E-state index contributed by atoms with van der Waals surface area (Å²) in [4.78, 5) is 13.1. The van der Waals surface area contributed by atoms with Crippen molar-refractivity contribution in [1.29, 1.82) is 0 Å². The molecule has 1 aliphatic carbocycles. The van der Waals surface area contributed by atoms with Gasteiger partial charge >= 0.3 is 0 Å². The molecule has 0 bridgehead atoms. The molecule has 0 aromatic heterocycles. The van der Waals surface area contributed by atoms with Crippen LogP contribution in [-0.4, -0.2) is 31.2 Å². The van der Waals surface area contributed by atoms with E-state index >= 15 is 0 Å². The molecule has 2 aliphatic rings. The third kappa shape index (κ3) is 4.06. The van der Waals surface area contributed by atoms with Crippen LogP contribution in [0.3, 0.4) is 0 Å². The highest BCUT2D eigenvalue weighted by molar-refractivity contribution is 7.89. The van der Waals surface area contributed by atoms with Crippen LogP contribution in [0.25, 0.3) is 0 Å². The lowest BCUT2D eigenvalue weighted by Crippen LogP contribution is -2.46. The van der Waals surface area contributed by atoms with Crippen molar-refractivity contribution in [3.05, 3.63) is 64.2 Å². The van der Waals surface area contributed by atoms with Gasteiger partial charge < -0.3 is 5.32 Å². The van der Waals surface area contributed by atoms with E-state index in [0.717, 1.165) is 18.4 Å². The van der Waals surface area contributed by atoms with Gasteiger partial charge in [0.1, 0.15) is 6.04 Å². The number of amides is 1. The van der Waals surface area contributed by atoms with Crippen molar-refractivity contribution in [2.24, 2.45) is 0 Å². The Morgan fingerprint density at radius 1 is 1.10 bits per heavy atom. The first kappa shape index (κ1) is 20.4. The smallest absolute Gasteiger partial charge is 0.243 e. The maximum Gasteiger partial charge on any atom is 0.243 e. The number of carbonyl (C=O) groups excluding carboxylic acids is 1. The van der Waals surface area contributed by atoms with Crippen LogP contribution in [-0.2, 0) is 27.7 Å². The molecule has 1 aliphatic heterocycles. The Hall–Kier alpha value is -1.89. The summed E-state index contributed by atoms with van der Waals surface area (Å²) in [7, 11) is -3.74. The molecule has 29 heavy (non-hydrogen) atoms. The summed E-state index contributed by atoms with van der Waals surface area (Å²) in [5.74, 6) is -0.243. The number of aryl methyl sites for hydroxylation is 2. The van der Waals surface area contributed by atoms with Gasteiger partial charge in [-0.05, 0) is 80.0 Å². The van der Waals surface area contributed by atoms with Gasteiger partial charge in [-0.25, -0.2) is 8.42 Å². The zero-order valence-corrected chi connectivity index (χ0v) is 18.0. The monoisotopic (exact) mass is 432 g/mol. The second kappa shape index (κ2) is 8.09. The van der Waals surface area contributed by atoms with Crippen LogP contribution >= 0.6 is 11.6 Å². The van der Waals surface area contributed by atoms with Crippen LogP contribution in [0.15, 0.2) is 47.4 Å². The van der Waals surface area contributed by atoms with Crippen LogP contribution < -0.4 is 5.32 Å². The summed E-state index contributed by atoms with van der Waals surface area (Å²) in [6.07, 6.45) is 4.57. The van der Waals surface area contributed by atoms with E-state index in [4.69, 9.17) is 11.6 Å². The van der Waals surface area contributed by atoms with Crippen molar-refractivity contribution in [1.82, 2.24) is 9.62 Å². The standard InChI is InChI=1S/C22H25ClN2O3S/c1-15(17-8-7-16-4-2-5-18(16)14-17)24-22(26)21-6-3-13-25(21)29(27,28)20-11-9-19(23)10-12-20/h7-12,14-15,21H,2-6,13H2,1H3,(H,24,26)/t15-,21+/m1/s1. The van der Waals surface area contributed by atoms with Crippen molar-refractivity contribution in [3.63, 3.8) is 0 Å². The highest BCUT2D eigenvalue weighted by Gasteiger charge is 2.39. The number of sulfonamides is 1. The molecule has 154 valence electrons. The second-order valence-electron chi connectivity index (χ2n) is 7.84. The van der Waals surface area contributed by atoms with E-state index in [1.807, 2.05) is 6.92 Å². The molecule has 1 amide bonds. The maximum atomic E-state index is 13.0. The maximum absolute atomic E-state index is 13.0. The third-order valence-corrected chi connectivity index (χ3v) is 8.08. The number of nitrogens with one attached hydrogen (secondary N) is 1. The Bertz CT molecular complexity index is 1020. The molecule has 4 rings (SSSR count). The molecule has 2 atom stereocenters. The lowest BCUT2D eigenvalue weighted by Gasteiger charge is -2.25. The molecule has 0 unspecified atom stereocenters. The molecule has 0 radical (unpaired) electrons. The Morgan fingerprint density at radius 2 is 1.83 bits per heavy atom. The van der Waals surface area contributed by atoms with E-state index in [2.05, 4.69) is 23.5 Å². The molecule has 1 saturated heterocycles. The highest BCUT2D eigenvalue weighted by atomic mass is 35.5. The molecular formula is C22H25ClN2O3S. The van der Waals surface area contributed by atoms with Crippen molar-refractivity contribution >= 4 is 27.5 Å². The summed E-state index contributed by atoms with van der Waals surface area (Å²) in [5.41, 5.74) is 3.81. The Kier molecular flexibility index (Phi) is 5.69. The predicted octanol–water partition coefficient (Wildman–Crippen LogP) is 3.86. The molecule has 2 aromatic rings. The van der Waals surface area contributed by atoms with E-state index < -0.39 is 16.1 Å². The van der Waals surface area contributed by atoms with E-state index in [-0.39, 0.29) is 16.8 Å². The number of carbonyl (C=O) groups is 1. The fourth-order valence-corrected chi connectivity index (χ4v) is 6.07. The van der Waals surface area contributed by atoms with Crippen LogP contribution in [0.1, 0.15) is 48.9 Å². The van der Waals surface area contributed by atoms with Crippen LogP contribution in [0.4, 0.5) is 0 Å². The van der Waals surface area contributed by atoms with Gasteiger partial charge in [0.25, 0.3) is 0 Å². The quantitative estimate of drug-likeness (QED) is 0.780. The lowest BCUT2D eigenvalue weighted by atomic mass is 10.0. The molecular weight excluding hydrogens is 408 g/mol. The molecule has 5 nitrogen and oxygen atoms in total. The average Bonchev–Trinajstić information content (AvgIpc) is 3.37. The van der Waals surface area contributed by atoms with Crippen molar-refractivity contribution in [3.8, 4) is 0 Å². The van der Waals surface area contributed by atoms with Gasteiger partial charge in [-0.3, -0.25) is 4.79 Å². The van der Waals surface area contributed by atoms with Crippen molar-refractivity contribution < 1.29 is 13.2 Å². The number of benzene rings is 2. The Morgan fingerprint density at radius 3 is 2.59 bits per heavy atom. The molecule has 7 heteroatoms. The van der Waals surface area contributed by atoms with Crippen molar-refractivity contribution in [2.75, 3.05) is 6.54 Å². The van der Waals surface area contributed by atoms with Gasteiger partial charge in [0.2, 0.25) is 15.9 Å². The van der Waals surface area contributed by atoms with Gasteiger partial charge in [-0.15, -0.1) is 0 Å². The first-order valence-corrected chi connectivity index (χ1v) is 11.9. The number of fused-ring (bicyclic) bond motifs is 1. The number of nitrogens with zero attached hydrogens (tertiary/aromatic N) is 1. The zero-order valence-electron chi connectivity index (χ0n) is 16.4. The molecule has 1 heterocycles. The summed E-state index contributed by atoms with van der Waals surface area (Å²) >= 11 is 5.88. The average molecular weight is 433 g/mol. The first-order chi connectivity index (χ1) is 13.9. The van der Waals surface area contributed by atoms with Gasteiger partial charge in [-0.1, -0.05) is 29.8 Å². The Balaban J connectivity index is 1.49. The summed E-state index contributed by atoms with van der Waals surface area (Å²) < 4.78 is 27.4. The molecule has 0 saturated carbocycles. The summed E-state index contributed by atoms with van der Waals surface area (Å²) in [6, 6.07) is 11.6. The predicted molar refractivity (Wildman–Crippen MR) is 113 cm³/mol. The first-order valence-electron chi connectivity index (χ1n) is 10.1. The SMILES string of the molecule is C[C@@H](NC(=O)[C@@H]1CCCN1S(=O)(=O)c1ccc(Cl)cc1)c1ccc2c(c1)CCC2.